The number of rotatable bonds is 4. The molecule has 4 rings (SSSR count). The molecule has 1 aliphatic carbocycles. The van der Waals surface area contributed by atoms with Crippen LogP contribution < -0.4 is 5.32 Å². The van der Waals surface area contributed by atoms with E-state index in [4.69, 9.17) is 7.85 Å². The first-order chi connectivity index (χ1) is 14.7. The first kappa shape index (κ1) is 16.6. The van der Waals surface area contributed by atoms with Crippen LogP contribution in [0.5, 0.6) is 0 Å². The fourth-order valence-corrected chi connectivity index (χ4v) is 4.46. The predicted octanol–water partition coefficient (Wildman–Crippen LogP) is 2.87. The summed E-state index contributed by atoms with van der Waals surface area (Å²) in [4.78, 5) is 37.6. The Morgan fingerprint density at radius 1 is 1.07 bits per heavy atom. The molecule has 1 fully saturated rings. The van der Waals surface area contributed by atoms with Crippen molar-refractivity contribution in [3.8, 4) is 11.3 Å². The molecule has 29 heavy (non-hydrogen) atoms. The molecule has 0 unspecified atom stereocenters. The second-order valence-corrected chi connectivity index (χ2v) is 7.33. The number of ketones is 1. The van der Waals surface area contributed by atoms with Crippen molar-refractivity contribution >= 4 is 23.4 Å². The van der Waals surface area contributed by atoms with Crippen molar-refractivity contribution in [2.75, 3.05) is 6.50 Å². The number of fused-ring (bicyclic) bond motifs is 2. The van der Waals surface area contributed by atoms with E-state index in [1.807, 2.05) is 30.3 Å². The predicted molar refractivity (Wildman–Crippen MR) is 106 cm³/mol. The average molecular weight is 396 g/mol. The number of nitrogens with zero attached hydrogens (tertiary/aromatic N) is 1. The van der Waals surface area contributed by atoms with Gasteiger partial charge < -0.3 is 20.1 Å². The number of amides is 1. The summed E-state index contributed by atoms with van der Waals surface area (Å²) >= 11 is 0. The van der Waals surface area contributed by atoms with Crippen molar-refractivity contribution in [1.82, 2.24) is 9.88 Å². The number of Topliss-reactive ketones (excluding diaryl/α,β-unsaturated/α-hetero) is 1. The minimum absolute atomic E-state index is 0.279. The highest BCUT2D eigenvalue weighted by Crippen LogP contribution is 2.46. The molecule has 1 spiro atoms. The smallest absolute Gasteiger partial charge is 0.322 e. The molecule has 1 aliphatic heterocycles. The number of nitrogens with one attached hydrogen (secondary N) is 1. The van der Waals surface area contributed by atoms with Crippen LogP contribution >= 0.6 is 0 Å². The van der Waals surface area contributed by atoms with E-state index in [2.05, 4.69) is 0 Å². The Balaban J connectivity index is 1.90. The van der Waals surface area contributed by atoms with Crippen LogP contribution in [-0.4, -0.2) is 38.9 Å². The molecule has 0 bridgehead atoms. The van der Waals surface area contributed by atoms with Gasteiger partial charge in [0.15, 0.2) is 11.5 Å². The summed E-state index contributed by atoms with van der Waals surface area (Å²) in [6.45, 7) is -3.08. The maximum absolute atomic E-state index is 13.7. The van der Waals surface area contributed by atoms with Crippen molar-refractivity contribution in [1.29, 1.82) is 0 Å². The molecule has 1 aromatic heterocycles. The molecule has 2 heterocycles. The lowest BCUT2D eigenvalue weighted by Gasteiger charge is -2.42. The van der Waals surface area contributed by atoms with Crippen LogP contribution in [0.15, 0.2) is 48.0 Å². The van der Waals surface area contributed by atoms with Crippen LogP contribution in [0.2, 0.25) is 0 Å². The minimum Gasteiger partial charge on any atom is -0.505 e. The molecule has 150 valence electrons. The highest BCUT2D eigenvalue weighted by atomic mass is 16.4. The molecule has 1 aromatic carbocycles. The fraction of sp³-hybridized carbons (Fsp3) is 0.318. The normalized spacial score (nSPS) is 19.4. The van der Waals surface area contributed by atoms with Gasteiger partial charge in [0.1, 0.15) is 17.6 Å². The monoisotopic (exact) mass is 396 g/mol. The van der Waals surface area contributed by atoms with E-state index in [9.17, 15) is 19.5 Å². The molecule has 2 aromatic rings. The van der Waals surface area contributed by atoms with Gasteiger partial charge in [-0.25, -0.2) is 0 Å². The number of carbonyl (C=O) groups is 3. The molecule has 7 nitrogen and oxygen atoms in total. The van der Waals surface area contributed by atoms with Gasteiger partial charge in [-0.15, -0.1) is 0 Å². The van der Waals surface area contributed by atoms with Crippen LogP contribution in [0, 0.1) is 0 Å². The molecule has 3 N–H and O–H groups in total. The molecule has 2 aliphatic rings. The van der Waals surface area contributed by atoms with Gasteiger partial charge >= 0.3 is 5.97 Å². The fourth-order valence-electron chi connectivity index (χ4n) is 4.46. The molecule has 7 heteroatoms. The number of aliphatic hydroxyl groups excluding tert-OH is 1. The summed E-state index contributed by atoms with van der Waals surface area (Å²) in [5.74, 6) is -4.34. The number of hydrogen-bond donors (Lipinski definition) is 3. The first-order valence-corrected chi connectivity index (χ1v) is 9.51. The van der Waals surface area contributed by atoms with Gasteiger partial charge in [0, 0.05) is 5.69 Å². The van der Waals surface area contributed by atoms with Gasteiger partial charge in [-0.1, -0.05) is 49.6 Å². The average Bonchev–Trinajstić information content (AvgIpc) is 3.20. The lowest BCUT2D eigenvalue weighted by molar-refractivity contribution is -0.138. The van der Waals surface area contributed by atoms with Gasteiger partial charge in [-0.3, -0.25) is 14.4 Å². The van der Waals surface area contributed by atoms with E-state index < -0.39 is 41.0 Å². The van der Waals surface area contributed by atoms with Crippen molar-refractivity contribution < 1.29 is 27.3 Å². The number of carboxylic acid groups (broad SMARTS) is 1. The van der Waals surface area contributed by atoms with E-state index >= 15 is 0 Å². The van der Waals surface area contributed by atoms with Gasteiger partial charge in [0.25, 0.3) is 5.91 Å². The maximum atomic E-state index is 13.7. The minimum atomic E-state index is -3.08. The lowest BCUT2D eigenvalue weighted by Crippen LogP contribution is -2.50. The summed E-state index contributed by atoms with van der Waals surface area (Å²) in [6.07, 6.45) is 3.37. The molecule has 0 saturated heterocycles. The highest BCUT2D eigenvalue weighted by Gasteiger charge is 2.50. The van der Waals surface area contributed by atoms with Gasteiger partial charge in [0.2, 0.25) is 0 Å². The zero-order valence-corrected chi connectivity index (χ0v) is 15.6. The quantitative estimate of drug-likeness (QED) is 0.689. The SMILES string of the molecule is [2H]C([2H])(NC(=O)C1=C(O)c2ccc(-c3ccccc3)n2C2(CCCCC2)C1=O)C(=O)O. The second-order valence-electron chi connectivity index (χ2n) is 7.33. The Labute approximate surface area is 170 Å². The van der Waals surface area contributed by atoms with Crippen LogP contribution in [0.3, 0.4) is 0 Å². The summed E-state index contributed by atoms with van der Waals surface area (Å²) < 4.78 is 16.7. The van der Waals surface area contributed by atoms with E-state index in [1.54, 1.807) is 22.0 Å². The van der Waals surface area contributed by atoms with E-state index in [0.717, 1.165) is 30.5 Å². The van der Waals surface area contributed by atoms with Gasteiger partial charge in [-0.2, -0.15) is 0 Å². The van der Waals surface area contributed by atoms with Crippen LogP contribution in [0.1, 0.15) is 40.5 Å². The molecule has 1 amide bonds. The second kappa shape index (κ2) is 7.24. The van der Waals surface area contributed by atoms with E-state index in [0.29, 0.717) is 12.8 Å². The summed E-state index contributed by atoms with van der Waals surface area (Å²) in [6, 6.07) is 12.8. The van der Waals surface area contributed by atoms with Gasteiger partial charge in [-0.05, 0) is 30.5 Å². The number of carboxylic acids is 1. The number of aliphatic carboxylic acids is 1. The third-order valence-corrected chi connectivity index (χ3v) is 5.70. The number of carbonyl (C=O) groups excluding carboxylic acids is 2. The third-order valence-electron chi connectivity index (χ3n) is 5.70. The number of aliphatic hydroxyl groups is 1. The van der Waals surface area contributed by atoms with Crippen molar-refractivity contribution in [2.24, 2.45) is 0 Å². The Hall–Kier alpha value is -3.35. The topological polar surface area (TPSA) is 109 Å². The largest absolute Gasteiger partial charge is 0.505 e. The Bertz CT molecular complexity index is 1100. The molecular weight excluding hydrogens is 372 g/mol. The summed E-state index contributed by atoms with van der Waals surface area (Å²) in [5.41, 5.74) is 0.169. The summed E-state index contributed by atoms with van der Waals surface area (Å²) in [7, 11) is 0. The Morgan fingerprint density at radius 3 is 2.38 bits per heavy atom. The third kappa shape index (κ3) is 3.03. The zero-order valence-electron chi connectivity index (χ0n) is 17.6. The Morgan fingerprint density at radius 2 is 1.72 bits per heavy atom. The van der Waals surface area contributed by atoms with Crippen molar-refractivity contribution in [3.05, 3.63) is 53.7 Å². The van der Waals surface area contributed by atoms with Crippen molar-refractivity contribution in [2.45, 2.75) is 37.6 Å². The molecule has 1 saturated carbocycles. The van der Waals surface area contributed by atoms with Crippen LogP contribution in [0.25, 0.3) is 17.0 Å². The number of aromatic nitrogens is 1. The molecule has 0 radical (unpaired) electrons. The van der Waals surface area contributed by atoms with E-state index in [-0.39, 0.29) is 5.69 Å². The van der Waals surface area contributed by atoms with Crippen LogP contribution in [0.4, 0.5) is 0 Å². The van der Waals surface area contributed by atoms with Crippen molar-refractivity contribution in [3.63, 3.8) is 0 Å². The van der Waals surface area contributed by atoms with Gasteiger partial charge in [0.05, 0.1) is 8.44 Å². The highest BCUT2D eigenvalue weighted by molar-refractivity contribution is 6.27. The standard InChI is InChI=1S/C22H22N2O5/c25-17(26)13-23-21(29)18-19(27)16-10-9-15(14-7-3-1-4-8-14)24(16)22(20(18)28)11-5-2-6-12-22/h1,3-4,7-10,27H,2,5-6,11-13H2,(H,23,29)(H,25,26)/i13D2. The van der Waals surface area contributed by atoms with Crippen LogP contribution in [-0.2, 0) is 19.9 Å². The summed E-state index contributed by atoms with van der Waals surface area (Å²) in [5, 5.41) is 21.6. The first-order valence-electron chi connectivity index (χ1n) is 10.5. The Kier molecular flexibility index (Phi) is 4.14. The number of benzene rings is 1. The number of hydrogen-bond acceptors (Lipinski definition) is 4. The lowest BCUT2D eigenvalue weighted by atomic mass is 9.73. The molecular formula is C22H22N2O5. The van der Waals surface area contributed by atoms with E-state index in [1.165, 1.54) is 0 Å². The zero-order chi connectivity index (χ0) is 22.4. The maximum Gasteiger partial charge on any atom is 0.322 e. The molecule has 0 atom stereocenters.